The molecule has 4 nitrogen and oxygen atoms in total. The van der Waals surface area contributed by atoms with Crippen LogP contribution in [-0.4, -0.2) is 18.6 Å². The van der Waals surface area contributed by atoms with Gasteiger partial charge in [0.1, 0.15) is 17.4 Å². The van der Waals surface area contributed by atoms with Gasteiger partial charge in [0.25, 0.3) is 0 Å². The summed E-state index contributed by atoms with van der Waals surface area (Å²) in [6, 6.07) is 16.6. The molecule has 3 aromatic rings. The molecule has 0 atom stereocenters. The summed E-state index contributed by atoms with van der Waals surface area (Å²) in [4.78, 5) is 4.41. The van der Waals surface area contributed by atoms with Crippen molar-refractivity contribution in [3.05, 3.63) is 72.2 Å². The van der Waals surface area contributed by atoms with E-state index in [-0.39, 0.29) is 5.82 Å². The van der Waals surface area contributed by atoms with Crippen LogP contribution in [0.2, 0.25) is 0 Å². The Kier molecular flexibility index (Phi) is 7.28. The third-order valence-corrected chi connectivity index (χ3v) is 5.01. The topological polar surface area (TPSA) is 46.2 Å². The van der Waals surface area contributed by atoms with Gasteiger partial charge in [-0.3, -0.25) is 4.72 Å². The van der Waals surface area contributed by atoms with Crippen molar-refractivity contribution in [1.29, 1.82) is 0 Å². The number of ether oxygens (including phenoxy) is 1. The van der Waals surface area contributed by atoms with Gasteiger partial charge in [0.05, 0.1) is 7.11 Å². The molecule has 0 bridgehead atoms. The molecule has 0 unspecified atom stereocenters. The Labute approximate surface area is 169 Å². The van der Waals surface area contributed by atoms with E-state index in [0.29, 0.717) is 5.75 Å². The van der Waals surface area contributed by atoms with Gasteiger partial charge in [0.2, 0.25) is 0 Å². The molecule has 0 amide bonds. The second-order valence-corrected chi connectivity index (χ2v) is 7.15. The van der Waals surface area contributed by atoms with Gasteiger partial charge in [0.15, 0.2) is 0 Å². The summed E-state index contributed by atoms with van der Waals surface area (Å²) in [6.07, 6.45) is 2.85. The molecule has 0 aliphatic carbocycles. The van der Waals surface area contributed by atoms with E-state index in [0.717, 1.165) is 41.4 Å². The number of hydrogen-bond acceptors (Lipinski definition) is 5. The molecule has 0 aliphatic heterocycles. The molecular formula is C22H24FN3OS. The number of nitrogens with zero attached hydrogens (tertiary/aromatic N) is 1. The van der Waals surface area contributed by atoms with Crippen molar-refractivity contribution in [3.63, 3.8) is 0 Å². The van der Waals surface area contributed by atoms with Crippen LogP contribution in [0.25, 0.3) is 11.1 Å². The van der Waals surface area contributed by atoms with E-state index < -0.39 is 0 Å². The fourth-order valence-electron chi connectivity index (χ4n) is 2.77. The van der Waals surface area contributed by atoms with Crippen LogP contribution in [-0.2, 0) is 5.75 Å². The van der Waals surface area contributed by atoms with Crippen LogP contribution in [0.5, 0.6) is 5.75 Å². The van der Waals surface area contributed by atoms with Gasteiger partial charge in [-0.2, -0.15) is 0 Å². The van der Waals surface area contributed by atoms with Crippen LogP contribution in [0.3, 0.4) is 0 Å². The molecule has 2 aromatic carbocycles. The molecule has 0 spiro atoms. The maximum atomic E-state index is 13.5. The molecule has 6 heteroatoms. The molecule has 0 fully saturated rings. The van der Waals surface area contributed by atoms with E-state index in [9.17, 15) is 4.39 Å². The van der Waals surface area contributed by atoms with Crippen molar-refractivity contribution in [1.82, 2.24) is 9.71 Å². The first kappa shape index (κ1) is 20.2. The third kappa shape index (κ3) is 5.47. The fraction of sp³-hybridized carbons (Fsp3) is 0.227. The first-order chi connectivity index (χ1) is 13.7. The Balaban J connectivity index is 1.75. The number of rotatable bonds is 9. The SMILES string of the molecule is CCCNSCc1cccc(Nc2cc(-c3ccc(F)cc3OC)ccn2)c1. The van der Waals surface area contributed by atoms with Crippen molar-refractivity contribution >= 4 is 23.5 Å². The minimum atomic E-state index is -0.323. The Morgan fingerprint density at radius 2 is 2.00 bits per heavy atom. The van der Waals surface area contributed by atoms with E-state index >= 15 is 0 Å². The molecule has 28 heavy (non-hydrogen) atoms. The molecule has 0 aliphatic rings. The van der Waals surface area contributed by atoms with E-state index in [4.69, 9.17) is 4.74 Å². The predicted molar refractivity (Wildman–Crippen MR) is 115 cm³/mol. The smallest absolute Gasteiger partial charge is 0.130 e. The summed E-state index contributed by atoms with van der Waals surface area (Å²) in [5.74, 6) is 1.79. The molecule has 146 valence electrons. The van der Waals surface area contributed by atoms with Crippen LogP contribution < -0.4 is 14.8 Å². The second kappa shape index (κ2) is 10.1. The number of halogens is 1. The van der Waals surface area contributed by atoms with E-state index in [1.54, 1.807) is 24.2 Å². The Morgan fingerprint density at radius 1 is 1.11 bits per heavy atom. The number of methoxy groups -OCH3 is 1. The summed E-state index contributed by atoms with van der Waals surface area (Å²) in [5.41, 5.74) is 3.94. The highest BCUT2D eigenvalue weighted by molar-refractivity contribution is 7.96. The van der Waals surface area contributed by atoms with Gasteiger partial charge in [-0.25, -0.2) is 9.37 Å². The molecule has 1 aromatic heterocycles. The zero-order chi connectivity index (χ0) is 19.8. The number of hydrogen-bond donors (Lipinski definition) is 2. The average molecular weight is 398 g/mol. The van der Waals surface area contributed by atoms with Gasteiger partial charge < -0.3 is 10.1 Å². The average Bonchev–Trinajstić information content (AvgIpc) is 2.71. The number of pyridine rings is 1. The van der Waals surface area contributed by atoms with E-state index in [1.807, 2.05) is 24.3 Å². The van der Waals surface area contributed by atoms with Crippen LogP contribution in [0.1, 0.15) is 18.9 Å². The fourth-order valence-corrected chi connectivity index (χ4v) is 3.56. The lowest BCUT2D eigenvalue weighted by Crippen LogP contribution is -2.04. The van der Waals surface area contributed by atoms with Gasteiger partial charge in [-0.05, 0) is 53.9 Å². The molecule has 0 saturated carbocycles. The normalized spacial score (nSPS) is 10.7. The summed E-state index contributed by atoms with van der Waals surface area (Å²) < 4.78 is 22.1. The maximum Gasteiger partial charge on any atom is 0.130 e. The lowest BCUT2D eigenvalue weighted by atomic mass is 10.1. The van der Waals surface area contributed by atoms with Crippen LogP contribution in [0.4, 0.5) is 15.9 Å². The standard InChI is InChI=1S/C22H24FN3OS/c1-3-10-25-28-15-16-5-4-6-19(12-16)26-22-13-17(9-11-24-22)20-8-7-18(23)14-21(20)27-2/h4-9,11-14,25H,3,10,15H2,1-2H3,(H,24,26). The highest BCUT2D eigenvalue weighted by Gasteiger charge is 2.08. The minimum Gasteiger partial charge on any atom is -0.496 e. The number of nitrogens with one attached hydrogen (secondary N) is 2. The lowest BCUT2D eigenvalue weighted by molar-refractivity contribution is 0.413. The third-order valence-electron chi connectivity index (χ3n) is 4.13. The zero-order valence-corrected chi connectivity index (χ0v) is 16.9. The zero-order valence-electron chi connectivity index (χ0n) is 16.0. The van der Waals surface area contributed by atoms with Gasteiger partial charge in [-0.1, -0.05) is 31.0 Å². The van der Waals surface area contributed by atoms with Crippen LogP contribution in [0, 0.1) is 5.82 Å². The van der Waals surface area contributed by atoms with E-state index in [1.165, 1.54) is 24.8 Å². The summed E-state index contributed by atoms with van der Waals surface area (Å²) in [7, 11) is 1.54. The molecule has 0 radical (unpaired) electrons. The quantitative estimate of drug-likeness (QED) is 0.354. The van der Waals surface area contributed by atoms with Crippen molar-refractivity contribution in [2.24, 2.45) is 0 Å². The Morgan fingerprint density at radius 3 is 2.82 bits per heavy atom. The van der Waals surface area contributed by atoms with Gasteiger partial charge in [0, 0.05) is 35.8 Å². The van der Waals surface area contributed by atoms with Crippen molar-refractivity contribution in [2.75, 3.05) is 19.0 Å². The molecule has 2 N–H and O–H groups in total. The van der Waals surface area contributed by atoms with Crippen LogP contribution in [0.15, 0.2) is 60.8 Å². The van der Waals surface area contributed by atoms with Crippen LogP contribution >= 0.6 is 11.9 Å². The summed E-state index contributed by atoms with van der Waals surface area (Å²) in [5, 5.41) is 3.35. The number of benzene rings is 2. The summed E-state index contributed by atoms with van der Waals surface area (Å²) in [6.45, 7) is 3.16. The summed E-state index contributed by atoms with van der Waals surface area (Å²) >= 11 is 1.71. The van der Waals surface area contributed by atoms with E-state index in [2.05, 4.69) is 34.1 Å². The first-order valence-electron chi connectivity index (χ1n) is 9.20. The first-order valence-corrected chi connectivity index (χ1v) is 10.2. The Hall–Kier alpha value is -2.57. The van der Waals surface area contributed by atoms with Gasteiger partial charge >= 0.3 is 0 Å². The molecule has 3 rings (SSSR count). The molecule has 0 saturated heterocycles. The molecule has 1 heterocycles. The second-order valence-electron chi connectivity index (χ2n) is 6.28. The maximum absolute atomic E-state index is 13.5. The molecular weight excluding hydrogens is 373 g/mol. The lowest BCUT2D eigenvalue weighted by Gasteiger charge is -2.11. The highest BCUT2D eigenvalue weighted by atomic mass is 32.2. The van der Waals surface area contributed by atoms with Crippen molar-refractivity contribution in [2.45, 2.75) is 19.1 Å². The van der Waals surface area contributed by atoms with Crippen molar-refractivity contribution in [3.8, 4) is 16.9 Å². The Bertz CT molecular complexity index is 920. The largest absolute Gasteiger partial charge is 0.496 e. The predicted octanol–water partition coefficient (Wildman–Crippen LogP) is 5.79. The van der Waals surface area contributed by atoms with Crippen molar-refractivity contribution < 1.29 is 9.13 Å². The minimum absolute atomic E-state index is 0.323. The van der Waals surface area contributed by atoms with Gasteiger partial charge in [-0.15, -0.1) is 0 Å². The number of anilines is 2. The highest BCUT2D eigenvalue weighted by Crippen LogP contribution is 2.32. The monoisotopic (exact) mass is 397 g/mol. The number of aromatic nitrogens is 1.